The molecule has 0 N–H and O–H groups in total. The van der Waals surface area contributed by atoms with E-state index in [4.69, 9.17) is 0 Å². The first kappa shape index (κ1) is 13.3. The molecule has 0 spiro atoms. The number of nitrogens with zero attached hydrogens (tertiary/aromatic N) is 1. The maximum atomic E-state index is 12.1. The van der Waals surface area contributed by atoms with Crippen LogP contribution in [0.1, 0.15) is 21.6 Å². The van der Waals surface area contributed by atoms with E-state index in [1.165, 1.54) is 10.8 Å². The van der Waals surface area contributed by atoms with E-state index in [0.717, 1.165) is 11.3 Å². The van der Waals surface area contributed by atoms with Gasteiger partial charge < -0.3 is 0 Å². The molecule has 102 valence electrons. The van der Waals surface area contributed by atoms with E-state index in [9.17, 15) is 4.79 Å². The van der Waals surface area contributed by atoms with Crippen LogP contribution in [-0.4, -0.2) is 10.8 Å². The van der Waals surface area contributed by atoms with Crippen LogP contribution in [0.5, 0.6) is 0 Å². The first-order chi connectivity index (χ1) is 10.2. The summed E-state index contributed by atoms with van der Waals surface area (Å²) in [6.07, 6.45) is 5.05. The highest BCUT2D eigenvalue weighted by Gasteiger charge is 2.01. The summed E-state index contributed by atoms with van der Waals surface area (Å²) >= 11 is 0. The minimum absolute atomic E-state index is 0.0318. The molecule has 3 aromatic rings. The summed E-state index contributed by atoms with van der Waals surface area (Å²) in [6.45, 7) is 1.90. The van der Waals surface area contributed by atoms with Gasteiger partial charge in [-0.2, -0.15) is 0 Å². The fourth-order valence-corrected chi connectivity index (χ4v) is 2.19. The van der Waals surface area contributed by atoms with E-state index in [1.54, 1.807) is 18.3 Å². The third kappa shape index (κ3) is 3.06. The average Bonchev–Trinajstić information content (AvgIpc) is 2.53. The minimum atomic E-state index is -0.0318. The van der Waals surface area contributed by atoms with Crippen LogP contribution >= 0.6 is 0 Å². The van der Waals surface area contributed by atoms with Gasteiger partial charge in [0, 0.05) is 17.5 Å². The molecule has 1 heterocycles. The summed E-state index contributed by atoms with van der Waals surface area (Å²) in [7, 11) is 0. The molecule has 0 atom stereocenters. The number of hydrogen-bond acceptors (Lipinski definition) is 2. The van der Waals surface area contributed by atoms with Gasteiger partial charge in [0.15, 0.2) is 5.78 Å². The van der Waals surface area contributed by atoms with Crippen molar-refractivity contribution in [3.8, 4) is 0 Å². The molecule has 2 nitrogen and oxygen atoms in total. The van der Waals surface area contributed by atoms with Crippen molar-refractivity contribution in [1.29, 1.82) is 0 Å². The lowest BCUT2D eigenvalue weighted by Gasteiger charge is -1.99. The Balaban J connectivity index is 1.83. The van der Waals surface area contributed by atoms with Crippen LogP contribution in [0.3, 0.4) is 0 Å². The van der Waals surface area contributed by atoms with Crippen LogP contribution in [0.25, 0.3) is 16.8 Å². The van der Waals surface area contributed by atoms with Crippen molar-refractivity contribution in [2.24, 2.45) is 0 Å². The summed E-state index contributed by atoms with van der Waals surface area (Å²) in [5.74, 6) is -0.0318. The Labute approximate surface area is 123 Å². The summed E-state index contributed by atoms with van der Waals surface area (Å²) in [5, 5.41) is 2.37. The number of rotatable bonds is 3. The van der Waals surface area contributed by atoms with Crippen LogP contribution in [0, 0.1) is 6.92 Å². The molecule has 0 bridgehead atoms. The number of hydrogen-bond donors (Lipinski definition) is 0. The van der Waals surface area contributed by atoms with Gasteiger partial charge in [-0.25, -0.2) is 0 Å². The van der Waals surface area contributed by atoms with Gasteiger partial charge in [-0.05, 0) is 47.5 Å². The Morgan fingerprint density at radius 3 is 2.57 bits per heavy atom. The van der Waals surface area contributed by atoms with Crippen molar-refractivity contribution < 1.29 is 4.79 Å². The first-order valence-corrected chi connectivity index (χ1v) is 6.86. The third-order valence-corrected chi connectivity index (χ3v) is 3.40. The van der Waals surface area contributed by atoms with E-state index in [-0.39, 0.29) is 5.78 Å². The maximum absolute atomic E-state index is 12.1. The molecule has 0 amide bonds. The third-order valence-electron chi connectivity index (χ3n) is 3.40. The topological polar surface area (TPSA) is 30.0 Å². The number of carbonyl (C=O) groups is 1. The molecule has 0 saturated heterocycles. The zero-order valence-electron chi connectivity index (χ0n) is 11.8. The molecule has 0 aliphatic rings. The van der Waals surface area contributed by atoms with E-state index in [1.807, 2.05) is 37.3 Å². The Morgan fingerprint density at radius 1 is 1.00 bits per heavy atom. The largest absolute Gasteiger partial charge is 0.289 e. The summed E-state index contributed by atoms with van der Waals surface area (Å²) < 4.78 is 0. The van der Waals surface area contributed by atoms with Gasteiger partial charge in [-0.1, -0.05) is 42.5 Å². The quantitative estimate of drug-likeness (QED) is 0.521. The van der Waals surface area contributed by atoms with Gasteiger partial charge >= 0.3 is 0 Å². The number of fused-ring (bicyclic) bond motifs is 1. The molecule has 3 rings (SSSR count). The number of pyridine rings is 1. The second-order valence-electron chi connectivity index (χ2n) is 4.99. The predicted octanol–water partition coefficient (Wildman–Crippen LogP) is 4.44. The van der Waals surface area contributed by atoms with Crippen LogP contribution in [0.15, 0.2) is 66.9 Å². The van der Waals surface area contributed by atoms with Crippen LogP contribution < -0.4 is 0 Å². The zero-order valence-corrected chi connectivity index (χ0v) is 11.8. The lowest BCUT2D eigenvalue weighted by molar-refractivity contribution is 0.104. The lowest BCUT2D eigenvalue weighted by Crippen LogP contribution is -1.95. The standard InChI is InChI=1S/C19H15NO/c1-14-6-9-18(13-20-14)19(21)11-8-15-7-10-16-4-2-3-5-17(16)12-15/h2-13H,1H3/b11-8+. The molecule has 2 aromatic carbocycles. The maximum Gasteiger partial charge on any atom is 0.187 e. The monoisotopic (exact) mass is 273 g/mol. The Morgan fingerprint density at radius 2 is 1.81 bits per heavy atom. The van der Waals surface area contributed by atoms with E-state index < -0.39 is 0 Å². The van der Waals surface area contributed by atoms with Crippen molar-refractivity contribution >= 4 is 22.6 Å². The minimum Gasteiger partial charge on any atom is -0.289 e. The SMILES string of the molecule is Cc1ccc(C(=O)/C=C/c2ccc3ccccc3c2)cn1. The van der Waals surface area contributed by atoms with Crippen molar-refractivity contribution in [3.63, 3.8) is 0 Å². The Kier molecular flexibility index (Phi) is 3.61. The molecule has 2 heteroatoms. The molecule has 0 unspecified atom stereocenters. The highest BCUT2D eigenvalue weighted by Crippen LogP contribution is 2.16. The molecule has 0 saturated carbocycles. The normalized spacial score (nSPS) is 11.1. The van der Waals surface area contributed by atoms with Crippen LogP contribution in [0.2, 0.25) is 0 Å². The number of carbonyl (C=O) groups excluding carboxylic acids is 1. The van der Waals surface area contributed by atoms with Gasteiger partial charge in [0.05, 0.1) is 0 Å². The van der Waals surface area contributed by atoms with Crippen LogP contribution in [-0.2, 0) is 0 Å². The fraction of sp³-hybridized carbons (Fsp3) is 0.0526. The second-order valence-corrected chi connectivity index (χ2v) is 4.99. The van der Waals surface area contributed by atoms with Crippen molar-refractivity contribution in [1.82, 2.24) is 4.98 Å². The van der Waals surface area contributed by atoms with E-state index >= 15 is 0 Å². The first-order valence-electron chi connectivity index (χ1n) is 6.86. The average molecular weight is 273 g/mol. The number of ketones is 1. The highest BCUT2D eigenvalue weighted by atomic mass is 16.1. The molecule has 0 aliphatic heterocycles. The predicted molar refractivity (Wildman–Crippen MR) is 86.3 cm³/mol. The summed E-state index contributed by atoms with van der Waals surface area (Å²) in [6, 6.07) is 18.0. The molecule has 0 fully saturated rings. The van der Waals surface area contributed by atoms with Gasteiger partial charge in [0.2, 0.25) is 0 Å². The van der Waals surface area contributed by atoms with Crippen molar-refractivity contribution in [2.45, 2.75) is 6.92 Å². The summed E-state index contributed by atoms with van der Waals surface area (Å²) in [5.41, 5.74) is 2.53. The second kappa shape index (κ2) is 5.71. The highest BCUT2D eigenvalue weighted by molar-refractivity contribution is 6.06. The Hall–Kier alpha value is -2.74. The van der Waals surface area contributed by atoms with Gasteiger partial charge in [0.25, 0.3) is 0 Å². The van der Waals surface area contributed by atoms with Gasteiger partial charge in [0.1, 0.15) is 0 Å². The summed E-state index contributed by atoms with van der Waals surface area (Å²) in [4.78, 5) is 16.2. The van der Waals surface area contributed by atoms with Gasteiger partial charge in [-0.3, -0.25) is 9.78 Å². The van der Waals surface area contributed by atoms with Crippen molar-refractivity contribution in [2.75, 3.05) is 0 Å². The molecule has 0 radical (unpaired) electrons. The van der Waals surface area contributed by atoms with E-state index in [0.29, 0.717) is 5.56 Å². The smallest absolute Gasteiger partial charge is 0.187 e. The lowest BCUT2D eigenvalue weighted by atomic mass is 10.1. The Bertz CT molecular complexity index is 816. The number of benzene rings is 2. The van der Waals surface area contributed by atoms with Gasteiger partial charge in [-0.15, -0.1) is 0 Å². The molecule has 1 aromatic heterocycles. The fourth-order valence-electron chi connectivity index (χ4n) is 2.19. The number of aryl methyl sites for hydroxylation is 1. The molecular weight excluding hydrogens is 258 g/mol. The molecule has 21 heavy (non-hydrogen) atoms. The zero-order chi connectivity index (χ0) is 14.7. The molecular formula is C19H15NO. The van der Waals surface area contributed by atoms with Crippen LogP contribution in [0.4, 0.5) is 0 Å². The number of allylic oxidation sites excluding steroid dienone is 1. The van der Waals surface area contributed by atoms with Crippen molar-refractivity contribution in [3.05, 3.63) is 83.7 Å². The van der Waals surface area contributed by atoms with E-state index in [2.05, 4.69) is 29.2 Å². The molecule has 0 aliphatic carbocycles. The number of aromatic nitrogens is 1.